The van der Waals surface area contributed by atoms with E-state index in [2.05, 4.69) is 38.0 Å². The van der Waals surface area contributed by atoms with E-state index in [1.165, 1.54) is 12.8 Å². The second kappa shape index (κ2) is 6.82. The number of nitrogens with zero attached hydrogens (tertiary/aromatic N) is 1. The van der Waals surface area contributed by atoms with E-state index in [9.17, 15) is 0 Å². The summed E-state index contributed by atoms with van der Waals surface area (Å²) in [5, 5.41) is 3.50. The summed E-state index contributed by atoms with van der Waals surface area (Å²) < 4.78 is 5.32. The topological polar surface area (TPSA) is 28.4 Å². The zero-order valence-electron chi connectivity index (χ0n) is 11.6. The first-order valence-corrected chi connectivity index (χ1v) is 6.43. The highest BCUT2D eigenvalue weighted by molar-refractivity contribution is 4.97. The van der Waals surface area contributed by atoms with Gasteiger partial charge in [0.05, 0.1) is 12.8 Å². The van der Waals surface area contributed by atoms with Crippen LogP contribution in [0, 0.1) is 0 Å². The summed E-state index contributed by atoms with van der Waals surface area (Å²) in [7, 11) is 2.14. The van der Waals surface area contributed by atoms with Crippen LogP contribution in [0.4, 0.5) is 0 Å². The average molecular weight is 238 g/mol. The number of rotatable bonds is 7. The van der Waals surface area contributed by atoms with Crippen LogP contribution in [0.2, 0.25) is 0 Å². The highest BCUT2D eigenvalue weighted by Crippen LogP contribution is 2.05. The lowest BCUT2D eigenvalue weighted by Crippen LogP contribution is -2.36. The summed E-state index contributed by atoms with van der Waals surface area (Å²) in [4.78, 5) is 2.30. The van der Waals surface area contributed by atoms with Gasteiger partial charge in [-0.1, -0.05) is 0 Å². The Kier molecular flexibility index (Phi) is 5.72. The fourth-order valence-corrected chi connectivity index (χ4v) is 1.72. The number of hydrogen-bond acceptors (Lipinski definition) is 3. The van der Waals surface area contributed by atoms with Gasteiger partial charge in [0.25, 0.3) is 0 Å². The van der Waals surface area contributed by atoms with Crippen molar-refractivity contribution in [1.29, 1.82) is 0 Å². The third-order valence-electron chi connectivity index (χ3n) is 2.63. The molecule has 0 unspecified atom stereocenters. The molecule has 1 heterocycles. The molecule has 0 amide bonds. The third-order valence-corrected chi connectivity index (χ3v) is 2.63. The van der Waals surface area contributed by atoms with E-state index in [0.717, 1.165) is 25.4 Å². The molecule has 1 rings (SSSR count). The number of hydrogen-bond donors (Lipinski definition) is 1. The third kappa shape index (κ3) is 7.18. The molecule has 1 N–H and O–H groups in total. The highest BCUT2D eigenvalue weighted by Gasteiger charge is 2.07. The molecule has 0 atom stereocenters. The molecule has 1 aromatic rings. The lowest BCUT2D eigenvalue weighted by atomic mass is 10.1. The van der Waals surface area contributed by atoms with E-state index in [4.69, 9.17) is 4.42 Å². The van der Waals surface area contributed by atoms with E-state index in [0.29, 0.717) is 0 Å². The zero-order valence-corrected chi connectivity index (χ0v) is 11.6. The molecular weight excluding hydrogens is 212 g/mol. The minimum atomic E-state index is 0.236. The van der Waals surface area contributed by atoms with Gasteiger partial charge < -0.3 is 9.73 Å². The predicted molar refractivity (Wildman–Crippen MR) is 72.0 cm³/mol. The minimum absolute atomic E-state index is 0.236. The lowest BCUT2D eigenvalue weighted by molar-refractivity contribution is 0.286. The number of furan rings is 1. The van der Waals surface area contributed by atoms with Crippen molar-refractivity contribution in [3.05, 3.63) is 24.2 Å². The fourth-order valence-electron chi connectivity index (χ4n) is 1.72. The largest absolute Gasteiger partial charge is 0.468 e. The Morgan fingerprint density at radius 1 is 1.29 bits per heavy atom. The van der Waals surface area contributed by atoms with Crippen LogP contribution < -0.4 is 5.32 Å². The van der Waals surface area contributed by atoms with Gasteiger partial charge in [-0.25, -0.2) is 0 Å². The summed E-state index contributed by atoms with van der Waals surface area (Å²) in [5.41, 5.74) is 0.236. The van der Waals surface area contributed by atoms with Gasteiger partial charge in [0.15, 0.2) is 0 Å². The maximum absolute atomic E-state index is 5.32. The van der Waals surface area contributed by atoms with Gasteiger partial charge in [-0.05, 0) is 65.9 Å². The van der Waals surface area contributed by atoms with E-state index in [1.54, 1.807) is 6.26 Å². The molecular formula is C14H26N2O. The van der Waals surface area contributed by atoms with Crippen LogP contribution in [0.25, 0.3) is 0 Å². The van der Waals surface area contributed by atoms with Gasteiger partial charge in [-0.15, -0.1) is 0 Å². The lowest BCUT2D eigenvalue weighted by Gasteiger charge is -2.21. The first kappa shape index (κ1) is 14.3. The quantitative estimate of drug-likeness (QED) is 0.740. The molecule has 0 aliphatic rings. The van der Waals surface area contributed by atoms with Crippen molar-refractivity contribution in [2.75, 3.05) is 20.1 Å². The van der Waals surface area contributed by atoms with Crippen molar-refractivity contribution in [2.24, 2.45) is 0 Å². The van der Waals surface area contributed by atoms with Crippen molar-refractivity contribution in [1.82, 2.24) is 10.2 Å². The molecule has 1 aromatic heterocycles. The van der Waals surface area contributed by atoms with Crippen molar-refractivity contribution in [2.45, 2.75) is 45.7 Å². The van der Waals surface area contributed by atoms with Crippen molar-refractivity contribution < 1.29 is 4.42 Å². The van der Waals surface area contributed by atoms with Crippen molar-refractivity contribution >= 4 is 0 Å². The van der Waals surface area contributed by atoms with Gasteiger partial charge in [-0.2, -0.15) is 0 Å². The smallest absolute Gasteiger partial charge is 0.117 e. The molecule has 3 heteroatoms. The molecule has 0 saturated carbocycles. The Morgan fingerprint density at radius 3 is 2.65 bits per heavy atom. The van der Waals surface area contributed by atoms with E-state index in [1.807, 2.05) is 12.1 Å². The number of nitrogens with one attached hydrogen (secondary N) is 1. The van der Waals surface area contributed by atoms with Gasteiger partial charge in [0.2, 0.25) is 0 Å². The normalized spacial score (nSPS) is 12.3. The Hall–Kier alpha value is -0.800. The van der Waals surface area contributed by atoms with Gasteiger partial charge in [-0.3, -0.25) is 4.90 Å². The Labute approximate surface area is 105 Å². The summed E-state index contributed by atoms with van der Waals surface area (Å²) in [6.07, 6.45) is 4.18. The van der Waals surface area contributed by atoms with Gasteiger partial charge >= 0.3 is 0 Å². The fraction of sp³-hybridized carbons (Fsp3) is 0.714. The van der Waals surface area contributed by atoms with Crippen LogP contribution in [0.5, 0.6) is 0 Å². The molecule has 0 radical (unpaired) electrons. The molecule has 0 aliphatic heterocycles. The van der Waals surface area contributed by atoms with Crippen LogP contribution in [0.1, 0.15) is 39.4 Å². The summed E-state index contributed by atoms with van der Waals surface area (Å²) >= 11 is 0. The second-order valence-electron chi connectivity index (χ2n) is 5.70. The molecule has 0 saturated heterocycles. The van der Waals surface area contributed by atoms with Gasteiger partial charge in [0, 0.05) is 5.54 Å². The van der Waals surface area contributed by atoms with Gasteiger partial charge in [0.1, 0.15) is 5.76 Å². The van der Waals surface area contributed by atoms with Crippen LogP contribution in [0.15, 0.2) is 22.8 Å². The maximum Gasteiger partial charge on any atom is 0.117 e. The highest BCUT2D eigenvalue weighted by atomic mass is 16.3. The molecule has 0 aromatic carbocycles. The Balaban J connectivity index is 2.03. The van der Waals surface area contributed by atoms with Crippen LogP contribution in [-0.4, -0.2) is 30.6 Å². The summed E-state index contributed by atoms with van der Waals surface area (Å²) in [5.74, 6) is 1.04. The molecule has 0 bridgehead atoms. The predicted octanol–water partition coefficient (Wildman–Crippen LogP) is 2.88. The van der Waals surface area contributed by atoms with E-state index in [-0.39, 0.29) is 5.54 Å². The minimum Gasteiger partial charge on any atom is -0.468 e. The Bertz CT molecular complexity index is 288. The molecule has 98 valence electrons. The van der Waals surface area contributed by atoms with Crippen LogP contribution >= 0.6 is 0 Å². The van der Waals surface area contributed by atoms with Crippen LogP contribution in [-0.2, 0) is 6.54 Å². The molecule has 0 spiro atoms. The molecule has 0 aliphatic carbocycles. The SMILES string of the molecule is CN(CCCCNC(C)(C)C)Cc1ccco1. The molecule has 0 fully saturated rings. The monoisotopic (exact) mass is 238 g/mol. The average Bonchev–Trinajstić information content (AvgIpc) is 2.68. The second-order valence-corrected chi connectivity index (χ2v) is 5.70. The first-order valence-electron chi connectivity index (χ1n) is 6.43. The zero-order chi connectivity index (χ0) is 12.7. The summed E-state index contributed by atoms with van der Waals surface area (Å²) in [6.45, 7) is 9.73. The Morgan fingerprint density at radius 2 is 2.06 bits per heavy atom. The summed E-state index contributed by atoms with van der Waals surface area (Å²) in [6, 6.07) is 3.97. The van der Waals surface area contributed by atoms with Crippen molar-refractivity contribution in [3.63, 3.8) is 0 Å². The molecule has 17 heavy (non-hydrogen) atoms. The standard InChI is InChI=1S/C14H26N2O/c1-14(2,3)15-9-5-6-10-16(4)12-13-8-7-11-17-13/h7-8,11,15H,5-6,9-10,12H2,1-4H3. The van der Waals surface area contributed by atoms with Crippen LogP contribution in [0.3, 0.4) is 0 Å². The van der Waals surface area contributed by atoms with E-state index < -0.39 is 0 Å². The van der Waals surface area contributed by atoms with Crippen molar-refractivity contribution in [3.8, 4) is 0 Å². The molecule has 3 nitrogen and oxygen atoms in total. The van der Waals surface area contributed by atoms with E-state index >= 15 is 0 Å². The maximum atomic E-state index is 5.32. The number of unbranched alkanes of at least 4 members (excludes halogenated alkanes) is 1. The first-order chi connectivity index (χ1) is 7.97.